The summed E-state index contributed by atoms with van der Waals surface area (Å²) in [4.78, 5) is 0. The number of benzene rings is 5. The predicted molar refractivity (Wildman–Crippen MR) is 154 cm³/mol. The Labute approximate surface area is 214 Å². The zero-order chi connectivity index (χ0) is 23.8. The second kappa shape index (κ2) is 9.05. The van der Waals surface area contributed by atoms with Crippen LogP contribution in [0.4, 0.5) is 0 Å². The molecule has 5 aromatic carbocycles. The van der Waals surface area contributed by atoms with Crippen LogP contribution in [0, 0.1) is 0 Å². The summed E-state index contributed by atoms with van der Waals surface area (Å²) >= 11 is 3.64. The van der Waals surface area contributed by atoms with Crippen LogP contribution in [0.25, 0.3) is 55.8 Å². The molecule has 0 N–H and O–H groups in total. The number of hydrogen-bond acceptors (Lipinski definition) is 0. The second-order valence-electron chi connectivity index (χ2n) is 8.74. The number of fused-ring (bicyclic) bond motifs is 3. The molecule has 0 saturated heterocycles. The van der Waals surface area contributed by atoms with E-state index in [0.29, 0.717) is 0 Å². The summed E-state index contributed by atoms with van der Waals surface area (Å²) in [5.41, 5.74) is 9.68. The number of rotatable bonds is 4. The standard InChI is InChI=1S/C33H24BrN/c1-2-9-23-16-18-30-31-19-17-25(22-33(31)35(32(30)20-23)27-12-4-3-5-13-27)29-15-7-6-14-28(29)24-10-8-11-26(34)21-24/h2-22H,1H3/b9-2+. The minimum absolute atomic E-state index is 1.08. The Balaban J connectivity index is 1.64. The maximum absolute atomic E-state index is 3.64. The van der Waals surface area contributed by atoms with E-state index in [-0.39, 0.29) is 0 Å². The third-order valence-electron chi connectivity index (χ3n) is 6.54. The highest BCUT2D eigenvalue weighted by molar-refractivity contribution is 9.10. The molecule has 35 heavy (non-hydrogen) atoms. The summed E-state index contributed by atoms with van der Waals surface area (Å²) in [7, 11) is 0. The maximum Gasteiger partial charge on any atom is 0.0547 e. The molecule has 0 unspecified atom stereocenters. The predicted octanol–water partition coefficient (Wildman–Crippen LogP) is 9.91. The third-order valence-corrected chi connectivity index (χ3v) is 7.03. The summed E-state index contributed by atoms with van der Waals surface area (Å²) < 4.78 is 3.48. The molecule has 0 fully saturated rings. The van der Waals surface area contributed by atoms with Crippen molar-refractivity contribution in [1.29, 1.82) is 0 Å². The number of para-hydroxylation sites is 1. The Hall–Kier alpha value is -3.88. The van der Waals surface area contributed by atoms with Gasteiger partial charge in [0, 0.05) is 20.9 Å². The summed E-state index contributed by atoms with van der Waals surface area (Å²) in [5, 5.41) is 2.53. The van der Waals surface area contributed by atoms with E-state index in [4.69, 9.17) is 0 Å². The first-order valence-electron chi connectivity index (χ1n) is 11.8. The van der Waals surface area contributed by atoms with Gasteiger partial charge in [-0.1, -0.05) is 107 Å². The van der Waals surface area contributed by atoms with Crippen molar-refractivity contribution >= 4 is 43.8 Å². The van der Waals surface area contributed by atoms with Gasteiger partial charge in [0.2, 0.25) is 0 Å². The molecule has 1 heterocycles. The van der Waals surface area contributed by atoms with E-state index in [0.717, 1.165) is 4.47 Å². The molecular weight excluding hydrogens is 490 g/mol. The molecule has 1 aromatic heterocycles. The molecule has 0 aliphatic carbocycles. The third kappa shape index (κ3) is 3.90. The maximum atomic E-state index is 3.64. The lowest BCUT2D eigenvalue weighted by Gasteiger charge is -2.12. The fraction of sp³-hybridized carbons (Fsp3) is 0.0303. The van der Waals surface area contributed by atoms with E-state index in [9.17, 15) is 0 Å². The molecule has 1 nitrogen and oxygen atoms in total. The Kier molecular flexibility index (Phi) is 5.60. The highest BCUT2D eigenvalue weighted by atomic mass is 79.9. The van der Waals surface area contributed by atoms with Crippen molar-refractivity contribution in [2.24, 2.45) is 0 Å². The van der Waals surface area contributed by atoms with Crippen molar-refractivity contribution in [2.45, 2.75) is 6.92 Å². The van der Waals surface area contributed by atoms with Gasteiger partial charge in [-0.05, 0) is 71.1 Å². The van der Waals surface area contributed by atoms with Gasteiger partial charge >= 0.3 is 0 Å². The van der Waals surface area contributed by atoms with Crippen LogP contribution in [0.1, 0.15) is 12.5 Å². The van der Waals surface area contributed by atoms with Crippen LogP contribution in [0.15, 0.2) is 126 Å². The van der Waals surface area contributed by atoms with Gasteiger partial charge in [-0.3, -0.25) is 0 Å². The van der Waals surface area contributed by atoms with Gasteiger partial charge in [0.05, 0.1) is 11.0 Å². The molecule has 0 saturated carbocycles. The minimum atomic E-state index is 1.08. The lowest BCUT2D eigenvalue weighted by Crippen LogP contribution is -1.94. The molecule has 2 heteroatoms. The van der Waals surface area contributed by atoms with Crippen LogP contribution in [-0.4, -0.2) is 4.57 Å². The van der Waals surface area contributed by atoms with Gasteiger partial charge in [0.1, 0.15) is 0 Å². The topological polar surface area (TPSA) is 4.93 Å². The molecule has 0 aliphatic heterocycles. The SMILES string of the molecule is C/C=C/c1ccc2c3ccc(-c4ccccc4-c4cccc(Br)c4)cc3n(-c3ccccc3)c2c1. The smallest absolute Gasteiger partial charge is 0.0547 e. The van der Waals surface area contributed by atoms with E-state index in [1.54, 1.807) is 0 Å². The van der Waals surface area contributed by atoms with Crippen molar-refractivity contribution < 1.29 is 0 Å². The normalized spacial score (nSPS) is 11.6. The van der Waals surface area contributed by atoms with Crippen LogP contribution in [0.3, 0.4) is 0 Å². The summed E-state index contributed by atoms with van der Waals surface area (Å²) in [6.45, 7) is 2.06. The van der Waals surface area contributed by atoms with Gasteiger partial charge < -0.3 is 4.57 Å². The monoisotopic (exact) mass is 513 g/mol. The first-order valence-corrected chi connectivity index (χ1v) is 12.6. The van der Waals surface area contributed by atoms with Crippen molar-refractivity contribution in [1.82, 2.24) is 4.57 Å². The van der Waals surface area contributed by atoms with Crippen LogP contribution >= 0.6 is 15.9 Å². The van der Waals surface area contributed by atoms with Crippen molar-refractivity contribution in [3.05, 3.63) is 131 Å². The fourth-order valence-corrected chi connectivity index (χ4v) is 5.40. The van der Waals surface area contributed by atoms with Gasteiger partial charge in [-0.25, -0.2) is 0 Å². The van der Waals surface area contributed by atoms with Crippen LogP contribution < -0.4 is 0 Å². The Bertz CT molecular complexity index is 1710. The molecule has 0 radical (unpaired) electrons. The molecule has 6 aromatic rings. The average Bonchev–Trinajstić information content (AvgIpc) is 3.22. The van der Waals surface area contributed by atoms with E-state index in [1.807, 2.05) is 0 Å². The lowest BCUT2D eigenvalue weighted by atomic mass is 9.94. The Morgan fingerprint density at radius 2 is 1.26 bits per heavy atom. The largest absolute Gasteiger partial charge is 0.309 e. The van der Waals surface area contributed by atoms with Gasteiger partial charge in [0.25, 0.3) is 0 Å². The van der Waals surface area contributed by atoms with E-state index < -0.39 is 0 Å². The Morgan fingerprint density at radius 1 is 0.600 bits per heavy atom. The van der Waals surface area contributed by atoms with Crippen molar-refractivity contribution in [3.8, 4) is 27.9 Å². The van der Waals surface area contributed by atoms with Gasteiger partial charge in [0.15, 0.2) is 0 Å². The quantitative estimate of drug-likeness (QED) is 0.221. The molecule has 0 bridgehead atoms. The summed E-state index contributed by atoms with van der Waals surface area (Å²) in [5.74, 6) is 0. The highest BCUT2D eigenvalue weighted by Crippen LogP contribution is 2.38. The number of aromatic nitrogens is 1. The van der Waals surface area contributed by atoms with Crippen molar-refractivity contribution in [3.63, 3.8) is 0 Å². The fourth-order valence-electron chi connectivity index (χ4n) is 5.00. The number of halogens is 1. The first kappa shape index (κ1) is 21.6. The molecule has 0 spiro atoms. The zero-order valence-electron chi connectivity index (χ0n) is 19.4. The lowest BCUT2D eigenvalue weighted by molar-refractivity contribution is 1.18. The first-order chi connectivity index (χ1) is 17.2. The molecule has 6 rings (SSSR count). The summed E-state index contributed by atoms with van der Waals surface area (Å²) in [6.07, 6.45) is 4.25. The summed E-state index contributed by atoms with van der Waals surface area (Å²) in [6, 6.07) is 41.4. The van der Waals surface area contributed by atoms with E-state index in [1.165, 1.54) is 55.3 Å². The van der Waals surface area contributed by atoms with Gasteiger partial charge in [-0.15, -0.1) is 0 Å². The second-order valence-corrected chi connectivity index (χ2v) is 9.65. The highest BCUT2D eigenvalue weighted by Gasteiger charge is 2.15. The Morgan fingerprint density at radius 3 is 1.97 bits per heavy atom. The molecule has 0 atom stereocenters. The van der Waals surface area contributed by atoms with Crippen LogP contribution in [0.5, 0.6) is 0 Å². The molecule has 168 valence electrons. The van der Waals surface area contributed by atoms with Crippen LogP contribution in [-0.2, 0) is 0 Å². The van der Waals surface area contributed by atoms with E-state index >= 15 is 0 Å². The zero-order valence-corrected chi connectivity index (χ0v) is 21.0. The molecule has 0 aliphatic rings. The average molecular weight is 514 g/mol. The minimum Gasteiger partial charge on any atom is -0.309 e. The molecular formula is C33H24BrN. The number of nitrogens with zero attached hydrogens (tertiary/aromatic N) is 1. The number of allylic oxidation sites excluding steroid dienone is 1. The van der Waals surface area contributed by atoms with Gasteiger partial charge in [-0.2, -0.15) is 0 Å². The van der Waals surface area contributed by atoms with Crippen molar-refractivity contribution in [2.75, 3.05) is 0 Å². The number of hydrogen-bond donors (Lipinski definition) is 0. The van der Waals surface area contributed by atoms with E-state index in [2.05, 4.69) is 155 Å². The molecule has 0 amide bonds. The van der Waals surface area contributed by atoms with Crippen LogP contribution in [0.2, 0.25) is 0 Å².